The van der Waals surface area contributed by atoms with E-state index in [-0.39, 0.29) is 5.41 Å². The van der Waals surface area contributed by atoms with Gasteiger partial charge in [-0.05, 0) is 12.8 Å². The second-order valence-electron chi connectivity index (χ2n) is 3.90. The van der Waals surface area contributed by atoms with Gasteiger partial charge in [-0.25, -0.2) is 0 Å². The van der Waals surface area contributed by atoms with Crippen molar-refractivity contribution in [2.24, 2.45) is 5.41 Å². The summed E-state index contributed by atoms with van der Waals surface area (Å²) in [7, 11) is 0. The Kier molecular flexibility index (Phi) is 5.51. The predicted octanol–water partition coefficient (Wildman–Crippen LogP) is 1.78. The van der Waals surface area contributed by atoms with Crippen LogP contribution in [0.15, 0.2) is 0 Å². The van der Waals surface area contributed by atoms with Crippen LogP contribution in [0.3, 0.4) is 0 Å². The molecular weight excluding hydrogens is 150 g/mol. The predicted molar refractivity (Wildman–Crippen MR) is 53.2 cm³/mol. The van der Waals surface area contributed by atoms with E-state index in [9.17, 15) is 5.11 Å². The van der Waals surface area contributed by atoms with Crippen molar-refractivity contribution in [3.63, 3.8) is 0 Å². The number of hydrogen-bond acceptors (Lipinski definition) is 2. The molecule has 0 unspecified atom stereocenters. The average molecular weight is 173 g/mol. The molecule has 0 atom stereocenters. The van der Waals surface area contributed by atoms with Crippen LogP contribution in [0.25, 0.3) is 0 Å². The Morgan fingerprint density at radius 1 is 1.25 bits per heavy atom. The summed E-state index contributed by atoms with van der Waals surface area (Å²) in [6.07, 6.45) is 2.08. The highest BCUT2D eigenvalue weighted by Gasteiger charge is 2.24. The van der Waals surface area contributed by atoms with Gasteiger partial charge in [0.05, 0.1) is 0 Å². The first kappa shape index (κ1) is 11.9. The molecule has 0 aromatic carbocycles. The minimum absolute atomic E-state index is 0.101. The molecule has 0 saturated carbocycles. The molecule has 0 fully saturated rings. The van der Waals surface area contributed by atoms with E-state index < -0.39 is 0 Å². The van der Waals surface area contributed by atoms with Gasteiger partial charge in [0.1, 0.15) is 0 Å². The molecule has 0 aliphatic heterocycles. The second-order valence-corrected chi connectivity index (χ2v) is 3.90. The summed E-state index contributed by atoms with van der Waals surface area (Å²) >= 11 is 0. The number of aliphatic hydroxyl groups is 1. The van der Waals surface area contributed by atoms with E-state index >= 15 is 0 Å². The third-order valence-corrected chi connectivity index (χ3v) is 2.72. The summed E-state index contributed by atoms with van der Waals surface area (Å²) in [4.78, 5) is 0. The van der Waals surface area contributed by atoms with Crippen LogP contribution in [0, 0.1) is 5.41 Å². The SMILES string of the molecule is CCC(CC)(CO)CNC(C)C. The molecule has 0 aromatic heterocycles. The van der Waals surface area contributed by atoms with E-state index in [4.69, 9.17) is 0 Å². The van der Waals surface area contributed by atoms with Crippen LogP contribution in [-0.4, -0.2) is 24.3 Å². The van der Waals surface area contributed by atoms with Crippen molar-refractivity contribution in [1.29, 1.82) is 0 Å². The topological polar surface area (TPSA) is 32.3 Å². The highest BCUT2D eigenvalue weighted by atomic mass is 16.3. The van der Waals surface area contributed by atoms with Crippen LogP contribution in [0.4, 0.5) is 0 Å². The first-order chi connectivity index (χ1) is 5.60. The lowest BCUT2D eigenvalue weighted by atomic mass is 9.83. The Morgan fingerprint density at radius 2 is 1.75 bits per heavy atom. The van der Waals surface area contributed by atoms with Crippen LogP contribution in [0.5, 0.6) is 0 Å². The zero-order valence-corrected chi connectivity index (χ0v) is 8.85. The fourth-order valence-corrected chi connectivity index (χ4v) is 1.20. The molecule has 2 nitrogen and oxygen atoms in total. The Bertz CT molecular complexity index is 100. The molecule has 0 heterocycles. The molecule has 0 saturated heterocycles. The lowest BCUT2D eigenvalue weighted by Crippen LogP contribution is -2.39. The zero-order chi connectivity index (χ0) is 9.61. The third-order valence-electron chi connectivity index (χ3n) is 2.72. The van der Waals surface area contributed by atoms with E-state index in [1.54, 1.807) is 0 Å². The Morgan fingerprint density at radius 3 is 2.00 bits per heavy atom. The molecule has 0 aliphatic rings. The monoisotopic (exact) mass is 173 g/mol. The molecule has 0 rings (SSSR count). The standard InChI is InChI=1S/C10H23NO/c1-5-10(6-2,8-12)7-11-9(3)4/h9,11-12H,5-8H2,1-4H3. The normalized spacial score (nSPS) is 12.5. The molecule has 0 spiro atoms. The number of hydrogen-bond donors (Lipinski definition) is 2. The fourth-order valence-electron chi connectivity index (χ4n) is 1.20. The third kappa shape index (κ3) is 3.55. The van der Waals surface area contributed by atoms with Crippen molar-refractivity contribution in [3.8, 4) is 0 Å². The maximum Gasteiger partial charge on any atom is 0.0499 e. The molecule has 2 heteroatoms. The van der Waals surface area contributed by atoms with Gasteiger partial charge in [-0.15, -0.1) is 0 Å². The fraction of sp³-hybridized carbons (Fsp3) is 1.00. The second kappa shape index (κ2) is 5.55. The first-order valence-electron chi connectivity index (χ1n) is 4.94. The van der Waals surface area contributed by atoms with Gasteiger partial charge in [-0.3, -0.25) is 0 Å². The van der Waals surface area contributed by atoms with Crippen molar-refractivity contribution in [1.82, 2.24) is 5.32 Å². The van der Waals surface area contributed by atoms with Crippen molar-refractivity contribution in [2.45, 2.75) is 46.6 Å². The molecular formula is C10H23NO. The number of nitrogens with one attached hydrogen (secondary N) is 1. The van der Waals surface area contributed by atoms with Gasteiger partial charge in [-0.2, -0.15) is 0 Å². The molecule has 0 aliphatic carbocycles. The Balaban J connectivity index is 3.93. The minimum Gasteiger partial charge on any atom is -0.396 e. The minimum atomic E-state index is 0.101. The molecule has 74 valence electrons. The molecule has 2 N–H and O–H groups in total. The highest BCUT2D eigenvalue weighted by molar-refractivity contribution is 4.78. The highest BCUT2D eigenvalue weighted by Crippen LogP contribution is 2.24. The van der Waals surface area contributed by atoms with Gasteiger partial charge in [-0.1, -0.05) is 27.7 Å². The molecule has 0 radical (unpaired) electrons. The van der Waals surface area contributed by atoms with Gasteiger partial charge in [0, 0.05) is 24.6 Å². The quantitative estimate of drug-likeness (QED) is 0.642. The summed E-state index contributed by atoms with van der Waals surface area (Å²) in [5, 5.41) is 12.6. The van der Waals surface area contributed by atoms with Crippen LogP contribution in [-0.2, 0) is 0 Å². The molecule has 0 bridgehead atoms. The maximum atomic E-state index is 9.25. The summed E-state index contributed by atoms with van der Waals surface area (Å²) in [5.41, 5.74) is 0.101. The van der Waals surface area contributed by atoms with Crippen LogP contribution >= 0.6 is 0 Å². The first-order valence-corrected chi connectivity index (χ1v) is 4.94. The van der Waals surface area contributed by atoms with Gasteiger partial charge in [0.2, 0.25) is 0 Å². The molecule has 0 aromatic rings. The maximum absolute atomic E-state index is 9.25. The Labute approximate surface area is 76.4 Å². The van der Waals surface area contributed by atoms with Gasteiger partial charge < -0.3 is 10.4 Å². The van der Waals surface area contributed by atoms with Crippen molar-refractivity contribution < 1.29 is 5.11 Å². The number of rotatable bonds is 6. The van der Waals surface area contributed by atoms with E-state index in [0.29, 0.717) is 12.6 Å². The molecule has 0 amide bonds. The van der Waals surface area contributed by atoms with Crippen LogP contribution in [0.2, 0.25) is 0 Å². The summed E-state index contributed by atoms with van der Waals surface area (Å²) in [6.45, 7) is 9.76. The van der Waals surface area contributed by atoms with Crippen LogP contribution < -0.4 is 5.32 Å². The van der Waals surface area contributed by atoms with Gasteiger partial charge in [0.15, 0.2) is 0 Å². The number of aliphatic hydroxyl groups excluding tert-OH is 1. The summed E-state index contributed by atoms with van der Waals surface area (Å²) < 4.78 is 0. The van der Waals surface area contributed by atoms with E-state index in [2.05, 4.69) is 33.0 Å². The average Bonchev–Trinajstić information content (AvgIpc) is 2.08. The van der Waals surface area contributed by atoms with E-state index in [0.717, 1.165) is 19.4 Å². The van der Waals surface area contributed by atoms with E-state index in [1.807, 2.05) is 0 Å². The van der Waals surface area contributed by atoms with Gasteiger partial charge in [0.25, 0.3) is 0 Å². The largest absolute Gasteiger partial charge is 0.396 e. The van der Waals surface area contributed by atoms with Crippen molar-refractivity contribution in [2.75, 3.05) is 13.2 Å². The lowest BCUT2D eigenvalue weighted by molar-refractivity contribution is 0.111. The van der Waals surface area contributed by atoms with Gasteiger partial charge >= 0.3 is 0 Å². The smallest absolute Gasteiger partial charge is 0.0499 e. The summed E-state index contributed by atoms with van der Waals surface area (Å²) in [6, 6.07) is 0.508. The molecule has 12 heavy (non-hydrogen) atoms. The van der Waals surface area contributed by atoms with Crippen molar-refractivity contribution in [3.05, 3.63) is 0 Å². The van der Waals surface area contributed by atoms with Crippen molar-refractivity contribution >= 4 is 0 Å². The van der Waals surface area contributed by atoms with E-state index in [1.165, 1.54) is 0 Å². The lowest BCUT2D eigenvalue weighted by Gasteiger charge is -2.30. The Hall–Kier alpha value is -0.0800. The summed E-state index contributed by atoms with van der Waals surface area (Å²) in [5.74, 6) is 0. The van der Waals surface area contributed by atoms with Crippen LogP contribution in [0.1, 0.15) is 40.5 Å². The zero-order valence-electron chi connectivity index (χ0n) is 8.85.